The zero-order valence-corrected chi connectivity index (χ0v) is 16.6. The largest absolute Gasteiger partial charge is 0.304 e. The molecule has 3 heterocycles. The van der Waals surface area contributed by atoms with Crippen LogP contribution < -0.4 is 0 Å². The van der Waals surface area contributed by atoms with Crippen LogP contribution in [-0.4, -0.2) is 24.5 Å². The van der Waals surface area contributed by atoms with E-state index in [2.05, 4.69) is 15.3 Å². The molecule has 0 fully saturated rings. The van der Waals surface area contributed by atoms with Gasteiger partial charge >= 0.3 is 0 Å². The third kappa shape index (κ3) is 3.18. The van der Waals surface area contributed by atoms with E-state index < -0.39 is 0 Å². The van der Waals surface area contributed by atoms with E-state index in [4.69, 9.17) is 11.6 Å². The molecular weight excluding hydrogens is 386 g/mol. The lowest BCUT2D eigenvalue weighted by atomic mass is 10.3. The molecule has 0 aliphatic carbocycles. The summed E-state index contributed by atoms with van der Waals surface area (Å²) in [5.74, 6) is 1.57. The normalized spacial score (nSPS) is 11.2. The van der Waals surface area contributed by atoms with Crippen LogP contribution in [0.3, 0.4) is 0 Å². The summed E-state index contributed by atoms with van der Waals surface area (Å²) in [6.07, 6.45) is 0. The third-order valence-electron chi connectivity index (χ3n) is 4.04. The van der Waals surface area contributed by atoms with Gasteiger partial charge in [0.2, 0.25) is 0 Å². The molecule has 0 amide bonds. The van der Waals surface area contributed by atoms with Crippen LogP contribution in [0.5, 0.6) is 0 Å². The fraction of sp³-hybridized carbons (Fsp3) is 0.167. The maximum atomic E-state index is 6.60. The lowest BCUT2D eigenvalue weighted by Gasteiger charge is -2.04. The van der Waals surface area contributed by atoms with Crippen molar-refractivity contribution in [3.05, 3.63) is 64.3 Å². The number of hydrogen-bond acceptors (Lipinski definition) is 5. The highest BCUT2D eigenvalue weighted by atomic mass is 35.5. The van der Waals surface area contributed by atoms with E-state index in [9.17, 15) is 0 Å². The van der Waals surface area contributed by atoms with E-state index in [-0.39, 0.29) is 0 Å². The van der Waals surface area contributed by atoms with E-state index in [1.165, 1.54) is 0 Å². The maximum absolute atomic E-state index is 6.60. The van der Waals surface area contributed by atoms with Gasteiger partial charge in [-0.05, 0) is 30.5 Å². The van der Waals surface area contributed by atoms with Crippen molar-refractivity contribution in [1.29, 1.82) is 0 Å². The van der Waals surface area contributed by atoms with Crippen molar-refractivity contribution in [3.63, 3.8) is 0 Å². The first-order valence-electron chi connectivity index (χ1n) is 8.00. The van der Waals surface area contributed by atoms with Crippen LogP contribution in [-0.2, 0) is 12.8 Å². The standard InChI is InChI=1S/C18H16ClN5S2/c1-12-14(16(19)24(22-12)13-7-4-3-5-8-13)11-26-18-21-20-17(23(18)2)15-9-6-10-25-15/h3-10H,11H2,1-2H3. The number of para-hydroxylation sites is 1. The first kappa shape index (κ1) is 17.3. The van der Waals surface area contributed by atoms with Crippen molar-refractivity contribution < 1.29 is 0 Å². The smallest absolute Gasteiger partial charge is 0.191 e. The lowest BCUT2D eigenvalue weighted by Crippen LogP contribution is -1.96. The number of hydrogen-bond donors (Lipinski definition) is 0. The molecule has 3 aromatic heterocycles. The molecule has 5 nitrogen and oxygen atoms in total. The number of thioether (sulfide) groups is 1. The number of aryl methyl sites for hydroxylation is 1. The molecule has 0 saturated carbocycles. The van der Waals surface area contributed by atoms with Crippen LogP contribution >= 0.6 is 34.7 Å². The Balaban J connectivity index is 1.57. The maximum Gasteiger partial charge on any atom is 0.191 e. The van der Waals surface area contributed by atoms with Crippen molar-refractivity contribution in [2.24, 2.45) is 7.05 Å². The van der Waals surface area contributed by atoms with Gasteiger partial charge in [0.25, 0.3) is 0 Å². The Morgan fingerprint density at radius 2 is 1.92 bits per heavy atom. The summed E-state index contributed by atoms with van der Waals surface area (Å²) < 4.78 is 3.79. The van der Waals surface area contributed by atoms with Gasteiger partial charge in [-0.2, -0.15) is 5.10 Å². The monoisotopic (exact) mass is 401 g/mol. The Morgan fingerprint density at radius 1 is 1.12 bits per heavy atom. The van der Waals surface area contributed by atoms with Gasteiger partial charge < -0.3 is 4.57 Å². The second-order valence-corrected chi connectivity index (χ2v) is 7.98. The van der Waals surface area contributed by atoms with Crippen molar-refractivity contribution in [1.82, 2.24) is 24.5 Å². The van der Waals surface area contributed by atoms with Gasteiger partial charge in [-0.3, -0.25) is 0 Å². The molecule has 1 aromatic carbocycles. The highest BCUT2D eigenvalue weighted by Crippen LogP contribution is 2.31. The Labute approximate surface area is 164 Å². The topological polar surface area (TPSA) is 48.5 Å². The van der Waals surface area contributed by atoms with Crippen LogP contribution in [0.2, 0.25) is 5.15 Å². The van der Waals surface area contributed by atoms with Crippen molar-refractivity contribution in [2.75, 3.05) is 0 Å². The molecule has 0 N–H and O–H groups in total. The van der Waals surface area contributed by atoms with Gasteiger partial charge in [0.05, 0.1) is 16.3 Å². The first-order valence-corrected chi connectivity index (χ1v) is 10.2. The molecule has 0 saturated heterocycles. The summed E-state index contributed by atoms with van der Waals surface area (Å²) in [6, 6.07) is 14.0. The Hall–Kier alpha value is -2.09. The van der Waals surface area contributed by atoms with Gasteiger partial charge in [0.15, 0.2) is 11.0 Å². The number of thiophene rings is 1. The van der Waals surface area contributed by atoms with Crippen LogP contribution in [0, 0.1) is 6.92 Å². The van der Waals surface area contributed by atoms with Crippen molar-refractivity contribution in [2.45, 2.75) is 17.8 Å². The minimum absolute atomic E-state index is 0.641. The third-order valence-corrected chi connectivity index (χ3v) is 6.35. The minimum atomic E-state index is 0.641. The molecular formula is C18H16ClN5S2. The van der Waals surface area contributed by atoms with Crippen molar-refractivity contribution in [3.8, 4) is 16.4 Å². The van der Waals surface area contributed by atoms with Crippen LogP contribution in [0.1, 0.15) is 11.3 Å². The average molecular weight is 402 g/mol. The fourth-order valence-electron chi connectivity index (χ4n) is 2.63. The molecule has 0 radical (unpaired) electrons. The lowest BCUT2D eigenvalue weighted by molar-refractivity contribution is 0.794. The van der Waals surface area contributed by atoms with Crippen molar-refractivity contribution >= 4 is 34.7 Å². The quantitative estimate of drug-likeness (QED) is 0.442. The van der Waals surface area contributed by atoms with E-state index in [1.807, 2.05) is 66.4 Å². The van der Waals surface area contributed by atoms with E-state index in [0.29, 0.717) is 10.9 Å². The number of aromatic nitrogens is 5. The second kappa shape index (κ2) is 7.26. The highest BCUT2D eigenvalue weighted by Gasteiger charge is 2.17. The molecule has 26 heavy (non-hydrogen) atoms. The number of halogens is 1. The van der Waals surface area contributed by atoms with Gasteiger partial charge in [-0.25, -0.2) is 4.68 Å². The summed E-state index contributed by atoms with van der Waals surface area (Å²) in [5, 5.41) is 16.8. The van der Waals surface area contributed by atoms with E-state index in [0.717, 1.165) is 32.8 Å². The number of rotatable bonds is 5. The Kier molecular flexibility index (Phi) is 4.84. The molecule has 4 aromatic rings. The molecule has 0 atom stereocenters. The summed E-state index contributed by atoms with van der Waals surface area (Å²) in [5.41, 5.74) is 2.89. The zero-order valence-electron chi connectivity index (χ0n) is 14.3. The van der Waals surface area contributed by atoms with Crippen LogP contribution in [0.15, 0.2) is 53.0 Å². The molecule has 0 unspecified atom stereocenters. The molecule has 0 aliphatic heterocycles. The highest BCUT2D eigenvalue weighted by molar-refractivity contribution is 7.98. The Bertz CT molecular complexity index is 1020. The summed E-state index contributed by atoms with van der Waals surface area (Å²) in [6.45, 7) is 1.98. The molecule has 8 heteroatoms. The first-order chi connectivity index (χ1) is 12.6. The molecule has 132 valence electrons. The Morgan fingerprint density at radius 3 is 2.65 bits per heavy atom. The van der Waals surface area contributed by atoms with Gasteiger partial charge in [-0.15, -0.1) is 21.5 Å². The zero-order chi connectivity index (χ0) is 18.1. The predicted octanol–water partition coefficient (Wildman–Crippen LogP) is 4.98. The van der Waals surface area contributed by atoms with Crippen LogP contribution in [0.4, 0.5) is 0 Å². The predicted molar refractivity (Wildman–Crippen MR) is 107 cm³/mol. The fourth-order valence-corrected chi connectivity index (χ4v) is 4.79. The summed E-state index contributed by atoms with van der Waals surface area (Å²) >= 11 is 9.87. The molecule has 0 bridgehead atoms. The molecule has 0 spiro atoms. The van der Waals surface area contributed by atoms with Gasteiger partial charge in [0.1, 0.15) is 5.15 Å². The van der Waals surface area contributed by atoms with E-state index >= 15 is 0 Å². The SMILES string of the molecule is Cc1nn(-c2ccccc2)c(Cl)c1CSc1nnc(-c2cccs2)n1C. The van der Waals surface area contributed by atoms with E-state index in [1.54, 1.807) is 27.8 Å². The van der Waals surface area contributed by atoms with Gasteiger partial charge in [-0.1, -0.05) is 47.6 Å². The summed E-state index contributed by atoms with van der Waals surface area (Å²) in [4.78, 5) is 1.11. The summed E-state index contributed by atoms with van der Waals surface area (Å²) in [7, 11) is 1.99. The molecule has 0 aliphatic rings. The number of benzene rings is 1. The molecule has 4 rings (SSSR count). The minimum Gasteiger partial charge on any atom is -0.304 e. The van der Waals surface area contributed by atoms with Crippen LogP contribution in [0.25, 0.3) is 16.4 Å². The average Bonchev–Trinajstić information content (AvgIpc) is 3.36. The second-order valence-electron chi connectivity index (χ2n) is 5.73. The number of nitrogens with zero attached hydrogens (tertiary/aromatic N) is 5. The van der Waals surface area contributed by atoms with Gasteiger partial charge in [0, 0.05) is 18.4 Å².